The van der Waals surface area contributed by atoms with Crippen molar-refractivity contribution in [2.24, 2.45) is 0 Å². The van der Waals surface area contributed by atoms with E-state index in [9.17, 15) is 4.39 Å². The normalized spacial score (nSPS) is 10.8. The van der Waals surface area contributed by atoms with Gasteiger partial charge in [0.2, 0.25) is 0 Å². The number of rotatable bonds is 5. The maximum atomic E-state index is 13.4. The van der Waals surface area contributed by atoms with Crippen molar-refractivity contribution in [1.82, 2.24) is 9.97 Å². The van der Waals surface area contributed by atoms with Crippen molar-refractivity contribution in [2.75, 3.05) is 10.6 Å². The van der Waals surface area contributed by atoms with E-state index in [1.54, 1.807) is 17.4 Å². The molecule has 0 unspecified atom stereocenters. The van der Waals surface area contributed by atoms with Gasteiger partial charge in [-0.15, -0.1) is 11.3 Å². The van der Waals surface area contributed by atoms with Crippen LogP contribution in [-0.2, 0) is 6.54 Å². The number of halogens is 2. The number of hydrogen-bond donors (Lipinski definition) is 2. The summed E-state index contributed by atoms with van der Waals surface area (Å²) in [6.45, 7) is 0.757. The van der Waals surface area contributed by atoms with Crippen LogP contribution in [-0.4, -0.2) is 9.97 Å². The molecule has 0 atom stereocenters. The van der Waals surface area contributed by atoms with Crippen LogP contribution in [0.2, 0.25) is 5.02 Å². The fraction of sp³-hybridized carbons (Fsp3) is 0.0526. The second-order valence-corrected chi connectivity index (χ2v) is 7.08. The van der Waals surface area contributed by atoms with E-state index in [2.05, 4.69) is 32.0 Å². The number of thiophene rings is 1. The first-order valence-electron chi connectivity index (χ1n) is 7.92. The van der Waals surface area contributed by atoms with E-state index >= 15 is 0 Å². The third-order valence-electron chi connectivity index (χ3n) is 3.86. The molecule has 0 fully saturated rings. The van der Waals surface area contributed by atoms with E-state index < -0.39 is 5.82 Å². The van der Waals surface area contributed by atoms with Crippen molar-refractivity contribution in [3.63, 3.8) is 0 Å². The second-order valence-electron chi connectivity index (χ2n) is 5.64. The van der Waals surface area contributed by atoms with Crippen molar-refractivity contribution >= 4 is 51.0 Å². The van der Waals surface area contributed by atoms with Gasteiger partial charge in [0.25, 0.3) is 0 Å². The Morgan fingerprint density at radius 1 is 1.04 bits per heavy atom. The molecule has 4 aromatic rings. The molecule has 0 spiro atoms. The molecule has 2 N–H and O–H groups in total. The molecule has 2 heterocycles. The first-order valence-corrected chi connectivity index (χ1v) is 9.18. The van der Waals surface area contributed by atoms with Gasteiger partial charge in [-0.05, 0) is 47.8 Å². The molecule has 0 aliphatic heterocycles. The molecular weight excluding hydrogens is 371 g/mol. The van der Waals surface area contributed by atoms with E-state index in [4.69, 9.17) is 11.6 Å². The Balaban J connectivity index is 1.63. The zero-order valence-electron chi connectivity index (χ0n) is 13.5. The average molecular weight is 385 g/mol. The van der Waals surface area contributed by atoms with Gasteiger partial charge in [-0.3, -0.25) is 0 Å². The lowest BCUT2D eigenvalue weighted by Crippen LogP contribution is -1.99. The minimum Gasteiger partial charge on any atom is -0.380 e. The third-order valence-corrected chi connectivity index (χ3v) is 5.03. The molecular formula is C19H14ClFN4S. The summed E-state index contributed by atoms with van der Waals surface area (Å²) in [6, 6.07) is 14.5. The molecule has 0 amide bonds. The molecule has 0 bridgehead atoms. The maximum absolute atomic E-state index is 13.4. The standard InChI is InChI=1S/C19H14ClFN4S/c20-16-9-13(3-5-17(16)21)25-19-15-8-12(4-6-18(15)23-11-24-19)22-10-14-2-1-7-26-14/h1-9,11,22H,10H2,(H,23,24,25). The Kier molecular flexibility index (Phi) is 4.69. The van der Waals surface area contributed by atoms with E-state index in [0.29, 0.717) is 11.5 Å². The zero-order valence-corrected chi connectivity index (χ0v) is 15.1. The van der Waals surface area contributed by atoms with Crippen LogP contribution < -0.4 is 10.6 Å². The zero-order chi connectivity index (χ0) is 17.9. The fourth-order valence-electron chi connectivity index (χ4n) is 2.58. The van der Waals surface area contributed by atoms with E-state index in [0.717, 1.165) is 23.1 Å². The summed E-state index contributed by atoms with van der Waals surface area (Å²) in [5, 5.41) is 9.57. The molecule has 0 aliphatic carbocycles. The minimum atomic E-state index is -0.454. The van der Waals surface area contributed by atoms with Gasteiger partial charge in [0.15, 0.2) is 0 Å². The van der Waals surface area contributed by atoms with Gasteiger partial charge in [-0.1, -0.05) is 17.7 Å². The fourth-order valence-corrected chi connectivity index (χ4v) is 3.40. The van der Waals surface area contributed by atoms with Gasteiger partial charge in [-0.2, -0.15) is 0 Å². The van der Waals surface area contributed by atoms with Gasteiger partial charge in [0.1, 0.15) is 18.0 Å². The summed E-state index contributed by atoms with van der Waals surface area (Å²) < 4.78 is 13.4. The highest BCUT2D eigenvalue weighted by molar-refractivity contribution is 7.09. The molecule has 0 saturated heterocycles. The highest BCUT2D eigenvalue weighted by Crippen LogP contribution is 2.28. The lowest BCUT2D eigenvalue weighted by molar-refractivity contribution is 0.628. The number of nitrogens with zero attached hydrogens (tertiary/aromatic N) is 2. The molecule has 2 aromatic heterocycles. The molecule has 130 valence electrons. The van der Waals surface area contributed by atoms with Crippen molar-refractivity contribution in [3.05, 3.63) is 76.0 Å². The van der Waals surface area contributed by atoms with Crippen LogP contribution >= 0.6 is 22.9 Å². The smallest absolute Gasteiger partial charge is 0.141 e. The number of hydrogen-bond acceptors (Lipinski definition) is 5. The van der Waals surface area contributed by atoms with Crippen LogP contribution in [0.3, 0.4) is 0 Å². The minimum absolute atomic E-state index is 0.0617. The summed E-state index contributed by atoms with van der Waals surface area (Å²) in [4.78, 5) is 9.88. The topological polar surface area (TPSA) is 49.8 Å². The second kappa shape index (κ2) is 7.27. The monoisotopic (exact) mass is 384 g/mol. The molecule has 0 radical (unpaired) electrons. The first-order chi connectivity index (χ1) is 12.7. The van der Waals surface area contributed by atoms with E-state index in [1.165, 1.54) is 23.3 Å². The van der Waals surface area contributed by atoms with Crippen LogP contribution in [0.25, 0.3) is 10.9 Å². The Bertz CT molecular complexity index is 1050. The molecule has 0 saturated carbocycles. The highest BCUT2D eigenvalue weighted by Gasteiger charge is 2.07. The number of fused-ring (bicyclic) bond motifs is 1. The summed E-state index contributed by atoms with van der Waals surface area (Å²) in [5.41, 5.74) is 2.45. The van der Waals surface area contributed by atoms with Gasteiger partial charge < -0.3 is 10.6 Å². The number of anilines is 3. The van der Waals surface area contributed by atoms with Crippen LogP contribution in [0, 0.1) is 5.82 Å². The van der Waals surface area contributed by atoms with Crippen molar-refractivity contribution < 1.29 is 4.39 Å². The Labute approximate surface area is 158 Å². The Morgan fingerprint density at radius 3 is 2.73 bits per heavy atom. The third kappa shape index (κ3) is 3.61. The highest BCUT2D eigenvalue weighted by atomic mass is 35.5. The molecule has 7 heteroatoms. The average Bonchev–Trinajstić information content (AvgIpc) is 3.17. The largest absolute Gasteiger partial charge is 0.380 e. The van der Waals surface area contributed by atoms with Crippen molar-refractivity contribution in [2.45, 2.75) is 6.54 Å². The Hall–Kier alpha value is -2.70. The van der Waals surface area contributed by atoms with Crippen LogP contribution in [0.5, 0.6) is 0 Å². The predicted octanol–water partition coefficient (Wildman–Crippen LogP) is 5.84. The van der Waals surface area contributed by atoms with Crippen LogP contribution in [0.15, 0.2) is 60.2 Å². The van der Waals surface area contributed by atoms with Crippen molar-refractivity contribution in [1.29, 1.82) is 0 Å². The summed E-state index contributed by atoms with van der Waals surface area (Å²) >= 11 is 7.57. The lowest BCUT2D eigenvalue weighted by Gasteiger charge is -2.11. The van der Waals surface area contributed by atoms with Crippen LogP contribution in [0.4, 0.5) is 21.6 Å². The number of benzene rings is 2. The van der Waals surface area contributed by atoms with Gasteiger partial charge in [0, 0.05) is 28.2 Å². The molecule has 4 nitrogen and oxygen atoms in total. The maximum Gasteiger partial charge on any atom is 0.141 e. The van der Waals surface area contributed by atoms with Gasteiger partial charge >= 0.3 is 0 Å². The van der Waals surface area contributed by atoms with Gasteiger partial charge in [-0.25, -0.2) is 14.4 Å². The Morgan fingerprint density at radius 2 is 1.92 bits per heavy atom. The summed E-state index contributed by atoms with van der Waals surface area (Å²) in [5.74, 6) is 0.183. The van der Waals surface area contributed by atoms with Crippen molar-refractivity contribution in [3.8, 4) is 0 Å². The van der Waals surface area contributed by atoms with Gasteiger partial charge in [0.05, 0.1) is 10.5 Å². The molecule has 4 rings (SSSR count). The van der Waals surface area contributed by atoms with E-state index in [-0.39, 0.29) is 5.02 Å². The first kappa shape index (κ1) is 16.8. The molecule has 26 heavy (non-hydrogen) atoms. The molecule has 2 aromatic carbocycles. The van der Waals surface area contributed by atoms with E-state index in [1.807, 2.05) is 24.3 Å². The predicted molar refractivity (Wildman–Crippen MR) is 106 cm³/mol. The quantitative estimate of drug-likeness (QED) is 0.454. The summed E-state index contributed by atoms with van der Waals surface area (Å²) in [7, 11) is 0. The SMILES string of the molecule is Fc1ccc(Nc2ncnc3ccc(NCc4cccs4)cc23)cc1Cl. The van der Waals surface area contributed by atoms with Crippen LogP contribution in [0.1, 0.15) is 4.88 Å². The lowest BCUT2D eigenvalue weighted by atomic mass is 10.2. The summed E-state index contributed by atoms with van der Waals surface area (Å²) in [6.07, 6.45) is 1.49. The number of nitrogens with one attached hydrogen (secondary N) is 2. The molecule has 0 aliphatic rings. The number of aromatic nitrogens is 2.